The van der Waals surface area contributed by atoms with Crippen molar-refractivity contribution < 1.29 is 14.3 Å². The van der Waals surface area contributed by atoms with Crippen LogP contribution >= 0.6 is 0 Å². The lowest BCUT2D eigenvalue weighted by Gasteiger charge is -2.19. The molecular formula is C10H19NO3. The fourth-order valence-corrected chi connectivity index (χ4v) is 0.960. The van der Waals surface area contributed by atoms with Gasteiger partial charge in [-0.2, -0.15) is 0 Å². The first-order valence-electron chi connectivity index (χ1n) is 4.72. The van der Waals surface area contributed by atoms with Gasteiger partial charge in [0.05, 0.1) is 6.42 Å². The Balaban J connectivity index is 3.96. The van der Waals surface area contributed by atoms with Crippen LogP contribution in [0.2, 0.25) is 0 Å². The lowest BCUT2D eigenvalue weighted by atomic mass is 9.92. The summed E-state index contributed by atoms with van der Waals surface area (Å²) in [6, 6.07) is 0. The third-order valence-electron chi connectivity index (χ3n) is 1.59. The lowest BCUT2D eigenvalue weighted by molar-refractivity contribution is -0.151. The van der Waals surface area contributed by atoms with Gasteiger partial charge in [-0.05, 0) is 5.41 Å². The minimum atomic E-state index is -0.470. The number of carbonyl (C=O) groups is 2. The van der Waals surface area contributed by atoms with E-state index in [1.165, 1.54) is 0 Å². The number of ether oxygens (including phenoxy) is 1. The van der Waals surface area contributed by atoms with Crippen molar-refractivity contribution in [3.8, 4) is 0 Å². The van der Waals surface area contributed by atoms with Crippen LogP contribution in [-0.4, -0.2) is 24.9 Å². The van der Waals surface area contributed by atoms with Gasteiger partial charge in [-0.15, -0.1) is 0 Å². The van der Waals surface area contributed by atoms with Gasteiger partial charge in [0.1, 0.15) is 12.4 Å². The maximum Gasteiger partial charge on any atom is 0.306 e. The minimum Gasteiger partial charge on any atom is -0.461 e. The Hall–Kier alpha value is -0.900. The zero-order chi connectivity index (χ0) is 11.2. The molecule has 0 aliphatic heterocycles. The van der Waals surface area contributed by atoms with E-state index in [0.29, 0.717) is 12.7 Å². The van der Waals surface area contributed by atoms with Crippen LogP contribution in [0.25, 0.3) is 0 Å². The fourth-order valence-electron chi connectivity index (χ4n) is 0.960. The molecule has 0 rings (SSSR count). The zero-order valence-electron chi connectivity index (χ0n) is 9.08. The van der Waals surface area contributed by atoms with Gasteiger partial charge in [0.2, 0.25) is 0 Å². The highest BCUT2D eigenvalue weighted by molar-refractivity contribution is 5.70. The molecular weight excluding hydrogens is 182 g/mol. The van der Waals surface area contributed by atoms with E-state index in [0.717, 1.165) is 0 Å². The van der Waals surface area contributed by atoms with E-state index in [1.54, 1.807) is 0 Å². The fraction of sp³-hybridized carbons (Fsp3) is 0.800. The predicted molar refractivity (Wildman–Crippen MR) is 53.7 cm³/mol. The Morgan fingerprint density at radius 2 is 2.07 bits per heavy atom. The molecule has 0 spiro atoms. The van der Waals surface area contributed by atoms with Crippen molar-refractivity contribution in [3.63, 3.8) is 0 Å². The van der Waals surface area contributed by atoms with Gasteiger partial charge in [-0.1, -0.05) is 20.8 Å². The summed E-state index contributed by atoms with van der Waals surface area (Å²) in [6.07, 6.45) is 0.749. The summed E-state index contributed by atoms with van der Waals surface area (Å²) in [5.41, 5.74) is 5.23. The molecule has 1 unspecified atom stereocenters. The number of nitrogens with two attached hydrogens (primary N) is 1. The molecule has 4 nitrogen and oxygen atoms in total. The second kappa shape index (κ2) is 5.75. The van der Waals surface area contributed by atoms with Gasteiger partial charge in [-0.3, -0.25) is 4.79 Å². The van der Waals surface area contributed by atoms with Gasteiger partial charge in [0.15, 0.2) is 0 Å². The smallest absolute Gasteiger partial charge is 0.306 e. The van der Waals surface area contributed by atoms with Crippen LogP contribution < -0.4 is 5.73 Å². The van der Waals surface area contributed by atoms with E-state index in [4.69, 9.17) is 10.5 Å². The largest absolute Gasteiger partial charge is 0.461 e. The van der Waals surface area contributed by atoms with Crippen molar-refractivity contribution in [1.82, 2.24) is 0 Å². The van der Waals surface area contributed by atoms with Crippen LogP contribution in [0.3, 0.4) is 0 Å². The first-order valence-corrected chi connectivity index (χ1v) is 4.72. The van der Waals surface area contributed by atoms with Gasteiger partial charge >= 0.3 is 5.97 Å². The van der Waals surface area contributed by atoms with E-state index in [-0.39, 0.29) is 24.3 Å². The maximum atomic E-state index is 11.3. The summed E-state index contributed by atoms with van der Waals surface area (Å²) in [6.45, 7) is 6.04. The Morgan fingerprint density at radius 3 is 2.43 bits per heavy atom. The topological polar surface area (TPSA) is 69.4 Å². The first kappa shape index (κ1) is 13.1. The molecule has 14 heavy (non-hydrogen) atoms. The van der Waals surface area contributed by atoms with E-state index in [1.807, 2.05) is 20.8 Å². The van der Waals surface area contributed by atoms with Crippen molar-refractivity contribution >= 4 is 12.3 Å². The molecule has 0 fully saturated rings. The van der Waals surface area contributed by atoms with Crippen LogP contribution in [-0.2, 0) is 14.3 Å². The Labute approximate surface area is 84.8 Å². The predicted octanol–water partition coefficient (Wildman–Crippen LogP) is 0.882. The molecule has 0 aromatic heterocycles. The normalized spacial score (nSPS) is 13.4. The molecule has 0 saturated carbocycles. The zero-order valence-corrected chi connectivity index (χ0v) is 9.08. The Kier molecular flexibility index (Phi) is 5.38. The quantitative estimate of drug-likeness (QED) is 0.529. The molecule has 82 valence electrons. The Bertz CT molecular complexity index is 196. The van der Waals surface area contributed by atoms with Crippen molar-refractivity contribution in [2.75, 3.05) is 6.54 Å². The number of hydrogen-bond donors (Lipinski definition) is 1. The molecule has 0 aliphatic carbocycles. The van der Waals surface area contributed by atoms with Crippen molar-refractivity contribution in [1.29, 1.82) is 0 Å². The van der Waals surface area contributed by atoms with Crippen LogP contribution in [0, 0.1) is 5.41 Å². The van der Waals surface area contributed by atoms with Crippen LogP contribution in [0.5, 0.6) is 0 Å². The highest BCUT2D eigenvalue weighted by atomic mass is 16.5. The van der Waals surface area contributed by atoms with Gasteiger partial charge in [0, 0.05) is 13.0 Å². The number of esters is 1. The third-order valence-corrected chi connectivity index (χ3v) is 1.59. The lowest BCUT2D eigenvalue weighted by Crippen LogP contribution is -2.28. The molecule has 0 aromatic carbocycles. The summed E-state index contributed by atoms with van der Waals surface area (Å²) >= 11 is 0. The van der Waals surface area contributed by atoms with Crippen LogP contribution in [0.15, 0.2) is 0 Å². The standard InChI is InChI=1S/C10H19NO3/c1-10(2,3)6-9(13)14-8(7-11)4-5-12/h5,8H,4,6-7,11H2,1-3H3. The molecule has 0 saturated heterocycles. The van der Waals surface area contributed by atoms with Crippen molar-refractivity contribution in [2.45, 2.75) is 39.7 Å². The number of hydrogen-bond acceptors (Lipinski definition) is 4. The molecule has 0 aliphatic rings. The summed E-state index contributed by atoms with van der Waals surface area (Å²) in [7, 11) is 0. The maximum absolute atomic E-state index is 11.3. The second-order valence-corrected chi connectivity index (χ2v) is 4.49. The van der Waals surface area contributed by atoms with Gasteiger partial charge in [0.25, 0.3) is 0 Å². The summed E-state index contributed by atoms with van der Waals surface area (Å²) in [4.78, 5) is 21.5. The van der Waals surface area contributed by atoms with E-state index < -0.39 is 6.10 Å². The number of rotatable bonds is 5. The highest BCUT2D eigenvalue weighted by Gasteiger charge is 2.19. The van der Waals surface area contributed by atoms with Crippen LogP contribution in [0.4, 0.5) is 0 Å². The molecule has 4 heteroatoms. The molecule has 0 amide bonds. The molecule has 2 N–H and O–H groups in total. The van der Waals surface area contributed by atoms with E-state index in [2.05, 4.69) is 0 Å². The second-order valence-electron chi connectivity index (χ2n) is 4.49. The average Bonchev–Trinajstić information content (AvgIpc) is 2.00. The van der Waals surface area contributed by atoms with Crippen molar-refractivity contribution in [3.05, 3.63) is 0 Å². The molecule has 0 heterocycles. The van der Waals surface area contributed by atoms with E-state index >= 15 is 0 Å². The van der Waals surface area contributed by atoms with Crippen LogP contribution in [0.1, 0.15) is 33.6 Å². The van der Waals surface area contributed by atoms with Crippen molar-refractivity contribution in [2.24, 2.45) is 11.1 Å². The summed E-state index contributed by atoms with van der Waals surface area (Å²) in [5.74, 6) is -0.296. The molecule has 0 aromatic rings. The summed E-state index contributed by atoms with van der Waals surface area (Å²) in [5, 5.41) is 0. The molecule has 0 bridgehead atoms. The SMILES string of the molecule is CC(C)(C)CC(=O)OC(CN)CC=O. The monoisotopic (exact) mass is 201 g/mol. The number of carbonyl (C=O) groups excluding carboxylic acids is 2. The van der Waals surface area contributed by atoms with Gasteiger partial charge < -0.3 is 15.3 Å². The van der Waals surface area contributed by atoms with E-state index in [9.17, 15) is 9.59 Å². The third kappa shape index (κ3) is 6.60. The first-order chi connectivity index (χ1) is 6.39. The minimum absolute atomic E-state index is 0.0998. The summed E-state index contributed by atoms with van der Waals surface area (Å²) < 4.78 is 5.02. The Morgan fingerprint density at radius 1 is 1.50 bits per heavy atom. The average molecular weight is 201 g/mol. The molecule has 1 atom stereocenters. The van der Waals surface area contributed by atoms with Gasteiger partial charge in [-0.25, -0.2) is 0 Å². The molecule has 0 radical (unpaired) electrons. The highest BCUT2D eigenvalue weighted by Crippen LogP contribution is 2.19. The number of aldehydes is 1.